The molecule has 1 rings (SSSR count). The van der Waals surface area contributed by atoms with Crippen molar-refractivity contribution in [1.82, 2.24) is 10.2 Å². The minimum Gasteiger partial charge on any atom is -0.374 e. The van der Waals surface area contributed by atoms with Crippen LogP contribution in [0.4, 0.5) is 5.13 Å². The minimum atomic E-state index is 0.527. The first kappa shape index (κ1) is 10.4. The monoisotopic (exact) mass is 202 g/mol. The molecule has 13 heavy (non-hydrogen) atoms. The summed E-state index contributed by atoms with van der Waals surface area (Å²) in [6.07, 6.45) is 2.23. The van der Waals surface area contributed by atoms with Crippen LogP contribution in [0.3, 0.4) is 0 Å². The molecule has 0 spiro atoms. The molecule has 0 fully saturated rings. The van der Waals surface area contributed by atoms with E-state index < -0.39 is 0 Å². The summed E-state index contributed by atoms with van der Waals surface area (Å²) in [5.41, 5.74) is 2.44. The number of hydrazine groups is 1. The SMILES string of the molecule is CCCCOCc1nnc(NN)s1. The summed E-state index contributed by atoms with van der Waals surface area (Å²) in [6, 6.07) is 0. The van der Waals surface area contributed by atoms with Crippen molar-refractivity contribution in [2.45, 2.75) is 26.4 Å². The lowest BCUT2D eigenvalue weighted by Crippen LogP contribution is -2.05. The van der Waals surface area contributed by atoms with E-state index in [-0.39, 0.29) is 0 Å². The summed E-state index contributed by atoms with van der Waals surface area (Å²) < 4.78 is 5.36. The standard InChI is InChI=1S/C7H14N4OS/c1-2-3-4-12-5-6-10-11-7(9-8)13-6/h2-5,8H2,1H3,(H,9,11). The van der Waals surface area contributed by atoms with E-state index in [2.05, 4.69) is 22.5 Å². The summed E-state index contributed by atoms with van der Waals surface area (Å²) in [5.74, 6) is 5.16. The van der Waals surface area contributed by atoms with Crippen molar-refractivity contribution < 1.29 is 4.74 Å². The molecule has 0 atom stereocenters. The van der Waals surface area contributed by atoms with E-state index in [0.29, 0.717) is 11.7 Å². The molecule has 0 saturated carbocycles. The van der Waals surface area contributed by atoms with Crippen molar-refractivity contribution in [1.29, 1.82) is 0 Å². The highest BCUT2D eigenvalue weighted by molar-refractivity contribution is 7.15. The van der Waals surface area contributed by atoms with Crippen LogP contribution in [0, 0.1) is 0 Å². The molecule has 0 aliphatic rings. The summed E-state index contributed by atoms with van der Waals surface area (Å²) in [4.78, 5) is 0. The van der Waals surface area contributed by atoms with E-state index in [9.17, 15) is 0 Å². The molecule has 0 unspecified atom stereocenters. The summed E-state index contributed by atoms with van der Waals surface area (Å²) in [6.45, 7) is 3.44. The van der Waals surface area contributed by atoms with Crippen molar-refractivity contribution in [3.63, 3.8) is 0 Å². The van der Waals surface area contributed by atoms with E-state index in [0.717, 1.165) is 24.5 Å². The molecule has 5 nitrogen and oxygen atoms in total. The van der Waals surface area contributed by atoms with Crippen molar-refractivity contribution in [2.75, 3.05) is 12.0 Å². The third-order valence-corrected chi connectivity index (χ3v) is 2.29. The van der Waals surface area contributed by atoms with Crippen molar-refractivity contribution >= 4 is 16.5 Å². The van der Waals surface area contributed by atoms with Gasteiger partial charge in [-0.1, -0.05) is 24.7 Å². The molecule has 74 valence electrons. The Morgan fingerprint density at radius 2 is 2.38 bits per heavy atom. The lowest BCUT2D eigenvalue weighted by atomic mass is 10.4. The maximum Gasteiger partial charge on any atom is 0.219 e. The quantitative estimate of drug-likeness (QED) is 0.411. The van der Waals surface area contributed by atoms with Crippen LogP contribution < -0.4 is 11.3 Å². The van der Waals surface area contributed by atoms with Crippen LogP contribution in [0.5, 0.6) is 0 Å². The molecule has 0 amide bonds. The van der Waals surface area contributed by atoms with Gasteiger partial charge in [0, 0.05) is 6.61 Å². The van der Waals surface area contributed by atoms with Gasteiger partial charge in [0.05, 0.1) is 0 Å². The smallest absolute Gasteiger partial charge is 0.219 e. The zero-order valence-corrected chi connectivity index (χ0v) is 8.43. The highest BCUT2D eigenvalue weighted by Crippen LogP contribution is 2.14. The fraction of sp³-hybridized carbons (Fsp3) is 0.714. The fourth-order valence-electron chi connectivity index (χ4n) is 0.776. The van der Waals surface area contributed by atoms with E-state index >= 15 is 0 Å². The van der Waals surface area contributed by atoms with E-state index in [1.807, 2.05) is 0 Å². The molecule has 0 aliphatic heterocycles. The highest BCUT2D eigenvalue weighted by Gasteiger charge is 2.01. The van der Waals surface area contributed by atoms with Gasteiger partial charge in [0.1, 0.15) is 11.6 Å². The van der Waals surface area contributed by atoms with Crippen LogP contribution in [0.25, 0.3) is 0 Å². The number of anilines is 1. The van der Waals surface area contributed by atoms with Crippen LogP contribution in [0.15, 0.2) is 0 Å². The van der Waals surface area contributed by atoms with Gasteiger partial charge < -0.3 is 4.74 Å². The number of ether oxygens (including phenoxy) is 1. The molecule has 0 bridgehead atoms. The number of nitrogens with two attached hydrogens (primary N) is 1. The van der Waals surface area contributed by atoms with E-state index in [1.54, 1.807) is 0 Å². The summed E-state index contributed by atoms with van der Waals surface area (Å²) in [7, 11) is 0. The Kier molecular flexibility index (Phi) is 4.66. The Hall–Kier alpha value is -0.720. The first-order chi connectivity index (χ1) is 6.36. The lowest BCUT2D eigenvalue weighted by molar-refractivity contribution is 0.117. The van der Waals surface area contributed by atoms with Gasteiger partial charge in [-0.25, -0.2) is 5.84 Å². The van der Waals surface area contributed by atoms with Gasteiger partial charge in [0.25, 0.3) is 0 Å². The van der Waals surface area contributed by atoms with Crippen molar-refractivity contribution in [2.24, 2.45) is 5.84 Å². The molecule has 1 aromatic rings. The van der Waals surface area contributed by atoms with Gasteiger partial charge in [-0.15, -0.1) is 10.2 Å². The molecular formula is C7H14N4OS. The number of nitrogens with zero attached hydrogens (tertiary/aromatic N) is 2. The zero-order chi connectivity index (χ0) is 9.52. The Bertz CT molecular complexity index is 240. The largest absolute Gasteiger partial charge is 0.374 e. The number of hydrogen-bond donors (Lipinski definition) is 2. The second-order valence-corrected chi connectivity index (χ2v) is 3.61. The Morgan fingerprint density at radius 1 is 1.54 bits per heavy atom. The maximum atomic E-state index is 5.36. The van der Waals surface area contributed by atoms with Gasteiger partial charge in [0.15, 0.2) is 0 Å². The predicted octanol–water partition coefficient (Wildman–Crippen LogP) is 1.14. The van der Waals surface area contributed by atoms with Crippen LogP contribution >= 0.6 is 11.3 Å². The van der Waals surface area contributed by atoms with Crippen molar-refractivity contribution in [3.05, 3.63) is 5.01 Å². The average Bonchev–Trinajstić information content (AvgIpc) is 2.60. The number of nitrogens with one attached hydrogen (secondary N) is 1. The van der Waals surface area contributed by atoms with E-state index in [1.165, 1.54) is 11.3 Å². The molecule has 0 aromatic carbocycles. The molecule has 1 aromatic heterocycles. The van der Waals surface area contributed by atoms with Gasteiger partial charge >= 0.3 is 0 Å². The molecule has 0 radical (unpaired) electrons. The lowest BCUT2D eigenvalue weighted by Gasteiger charge is -1.97. The highest BCUT2D eigenvalue weighted by atomic mass is 32.1. The molecule has 1 heterocycles. The van der Waals surface area contributed by atoms with Crippen molar-refractivity contribution in [3.8, 4) is 0 Å². The first-order valence-electron chi connectivity index (χ1n) is 4.23. The van der Waals surface area contributed by atoms with Gasteiger partial charge in [-0.05, 0) is 6.42 Å². The zero-order valence-electron chi connectivity index (χ0n) is 7.62. The topological polar surface area (TPSA) is 73.1 Å². The number of aromatic nitrogens is 2. The van der Waals surface area contributed by atoms with Crippen LogP contribution in [-0.2, 0) is 11.3 Å². The van der Waals surface area contributed by atoms with Gasteiger partial charge in [-0.2, -0.15) is 0 Å². The average molecular weight is 202 g/mol. The van der Waals surface area contributed by atoms with Crippen LogP contribution in [0.1, 0.15) is 24.8 Å². The third-order valence-electron chi connectivity index (χ3n) is 1.46. The van der Waals surface area contributed by atoms with Gasteiger partial charge in [0.2, 0.25) is 5.13 Å². The molecule has 0 aliphatic carbocycles. The number of hydrogen-bond acceptors (Lipinski definition) is 6. The van der Waals surface area contributed by atoms with Crippen LogP contribution in [0.2, 0.25) is 0 Å². The molecule has 3 N–H and O–H groups in total. The third kappa shape index (κ3) is 3.67. The summed E-state index contributed by atoms with van der Waals surface area (Å²) >= 11 is 1.41. The maximum absolute atomic E-state index is 5.36. The second kappa shape index (κ2) is 5.85. The molecule has 0 saturated heterocycles. The number of unbranched alkanes of at least 4 members (excludes halogenated alkanes) is 1. The van der Waals surface area contributed by atoms with Crippen LogP contribution in [-0.4, -0.2) is 16.8 Å². The predicted molar refractivity (Wildman–Crippen MR) is 52.3 cm³/mol. The molecular weight excluding hydrogens is 188 g/mol. The van der Waals surface area contributed by atoms with Gasteiger partial charge in [-0.3, -0.25) is 5.43 Å². The minimum absolute atomic E-state index is 0.527. The normalized spacial score (nSPS) is 10.3. The number of rotatable bonds is 6. The molecule has 6 heteroatoms. The van der Waals surface area contributed by atoms with E-state index in [4.69, 9.17) is 10.6 Å². The fourth-order valence-corrected chi connectivity index (χ4v) is 1.36. The Morgan fingerprint density at radius 3 is 3.00 bits per heavy atom. The Balaban J connectivity index is 2.20. The second-order valence-electron chi connectivity index (χ2n) is 2.55. The Labute approximate surface area is 81.3 Å². The number of nitrogen functional groups attached to an aromatic ring is 1. The summed E-state index contributed by atoms with van der Waals surface area (Å²) in [5, 5.41) is 9.14. The first-order valence-corrected chi connectivity index (χ1v) is 5.05.